The van der Waals surface area contributed by atoms with E-state index >= 15 is 0 Å². The van der Waals surface area contributed by atoms with Gasteiger partial charge in [-0.05, 0) is 38.0 Å². The van der Waals surface area contributed by atoms with Crippen LogP contribution in [-0.2, 0) is 6.42 Å². The monoisotopic (exact) mass is 225 g/mol. The van der Waals surface area contributed by atoms with Crippen molar-refractivity contribution >= 4 is 17.6 Å². The van der Waals surface area contributed by atoms with Gasteiger partial charge in [-0.2, -0.15) is 0 Å². The molecule has 0 aliphatic rings. The summed E-state index contributed by atoms with van der Waals surface area (Å²) in [7, 11) is 0. The summed E-state index contributed by atoms with van der Waals surface area (Å²) >= 11 is 5.80. The first-order valence-electron chi connectivity index (χ1n) is 4.74. The van der Waals surface area contributed by atoms with Crippen LogP contribution in [0.15, 0.2) is 29.3 Å². The Kier molecular flexibility index (Phi) is 3.58. The van der Waals surface area contributed by atoms with Gasteiger partial charge in [-0.3, -0.25) is 0 Å². The summed E-state index contributed by atoms with van der Waals surface area (Å²) in [5, 5.41) is 0.735. The Morgan fingerprint density at radius 3 is 2.27 bits per heavy atom. The van der Waals surface area contributed by atoms with Crippen LogP contribution in [0.25, 0.3) is 0 Å². The lowest BCUT2D eigenvalue weighted by molar-refractivity contribution is 0.519. The molecule has 1 aromatic rings. The zero-order chi connectivity index (χ0) is 11.5. The van der Waals surface area contributed by atoms with E-state index in [0.717, 1.165) is 17.0 Å². The molecular formula is C11H16ClN3. The molecule has 0 heterocycles. The highest BCUT2D eigenvalue weighted by Crippen LogP contribution is 2.18. The van der Waals surface area contributed by atoms with Crippen molar-refractivity contribution < 1.29 is 0 Å². The van der Waals surface area contributed by atoms with E-state index in [1.54, 1.807) is 0 Å². The highest BCUT2D eigenvalue weighted by molar-refractivity contribution is 6.30. The Labute approximate surface area is 95.1 Å². The molecule has 0 aliphatic carbocycles. The van der Waals surface area contributed by atoms with Crippen molar-refractivity contribution in [3.8, 4) is 0 Å². The third kappa shape index (κ3) is 4.21. The number of hydrogen-bond donors (Lipinski definition) is 2. The summed E-state index contributed by atoms with van der Waals surface area (Å²) in [6.07, 6.45) is 0.780. The zero-order valence-corrected chi connectivity index (χ0v) is 9.75. The Bertz CT molecular complexity index is 351. The van der Waals surface area contributed by atoms with E-state index in [2.05, 4.69) is 4.99 Å². The standard InChI is InChI=1S/C11H16ClN3/c1-11(2,15-10(13)14)7-8-3-5-9(12)6-4-8/h3-6H,7H2,1-2H3,(H4,13,14,15). The van der Waals surface area contributed by atoms with E-state index in [1.165, 1.54) is 0 Å². The van der Waals surface area contributed by atoms with Crippen molar-refractivity contribution in [3.63, 3.8) is 0 Å². The van der Waals surface area contributed by atoms with Gasteiger partial charge in [-0.1, -0.05) is 23.7 Å². The molecule has 0 radical (unpaired) electrons. The van der Waals surface area contributed by atoms with Crippen LogP contribution >= 0.6 is 11.6 Å². The van der Waals surface area contributed by atoms with E-state index in [-0.39, 0.29) is 11.5 Å². The Morgan fingerprint density at radius 2 is 1.80 bits per heavy atom. The highest BCUT2D eigenvalue weighted by Gasteiger charge is 2.17. The second-order valence-electron chi connectivity index (χ2n) is 4.15. The molecule has 1 aromatic carbocycles. The second kappa shape index (κ2) is 4.53. The smallest absolute Gasteiger partial charge is 0.186 e. The first-order valence-corrected chi connectivity index (χ1v) is 5.12. The third-order valence-corrected chi connectivity index (χ3v) is 2.23. The highest BCUT2D eigenvalue weighted by atomic mass is 35.5. The maximum atomic E-state index is 5.80. The average Bonchev–Trinajstić information content (AvgIpc) is 2.06. The fraction of sp³-hybridized carbons (Fsp3) is 0.364. The molecule has 3 nitrogen and oxygen atoms in total. The topological polar surface area (TPSA) is 64.4 Å². The quantitative estimate of drug-likeness (QED) is 0.610. The van der Waals surface area contributed by atoms with Crippen LogP contribution in [-0.4, -0.2) is 11.5 Å². The molecule has 0 unspecified atom stereocenters. The lowest BCUT2D eigenvalue weighted by Crippen LogP contribution is -2.30. The lowest BCUT2D eigenvalue weighted by atomic mass is 9.96. The third-order valence-electron chi connectivity index (χ3n) is 1.98. The molecule has 0 spiro atoms. The van der Waals surface area contributed by atoms with Gasteiger partial charge < -0.3 is 11.5 Å². The minimum absolute atomic E-state index is 0.119. The maximum Gasteiger partial charge on any atom is 0.186 e. The van der Waals surface area contributed by atoms with Gasteiger partial charge in [0.1, 0.15) is 0 Å². The SMILES string of the molecule is CC(C)(Cc1ccc(Cl)cc1)N=C(N)N. The predicted molar refractivity (Wildman–Crippen MR) is 65.0 cm³/mol. The Morgan fingerprint density at radius 1 is 1.27 bits per heavy atom. The summed E-state index contributed by atoms with van der Waals surface area (Å²) in [6, 6.07) is 7.68. The molecule has 4 heteroatoms. The van der Waals surface area contributed by atoms with Gasteiger partial charge in [-0.15, -0.1) is 0 Å². The van der Waals surface area contributed by atoms with Crippen LogP contribution < -0.4 is 11.5 Å². The molecule has 0 fully saturated rings. The number of hydrogen-bond acceptors (Lipinski definition) is 1. The summed E-state index contributed by atoms with van der Waals surface area (Å²) in [4.78, 5) is 4.17. The molecule has 0 saturated carbocycles. The van der Waals surface area contributed by atoms with Crippen molar-refractivity contribution in [2.45, 2.75) is 25.8 Å². The average molecular weight is 226 g/mol. The Balaban J connectivity index is 2.77. The van der Waals surface area contributed by atoms with Gasteiger partial charge in [0.25, 0.3) is 0 Å². The maximum absolute atomic E-state index is 5.80. The lowest BCUT2D eigenvalue weighted by Gasteiger charge is -2.19. The van der Waals surface area contributed by atoms with Crippen LogP contribution in [0.5, 0.6) is 0 Å². The fourth-order valence-corrected chi connectivity index (χ4v) is 1.62. The van der Waals surface area contributed by atoms with Crippen LogP contribution in [0.4, 0.5) is 0 Å². The largest absolute Gasteiger partial charge is 0.370 e. The molecular weight excluding hydrogens is 210 g/mol. The van der Waals surface area contributed by atoms with E-state index in [0.29, 0.717) is 0 Å². The van der Waals surface area contributed by atoms with E-state index in [1.807, 2.05) is 38.1 Å². The van der Waals surface area contributed by atoms with Crippen LogP contribution in [0, 0.1) is 0 Å². The van der Waals surface area contributed by atoms with Crippen LogP contribution in [0.2, 0.25) is 5.02 Å². The van der Waals surface area contributed by atoms with Crippen molar-refractivity contribution in [3.05, 3.63) is 34.9 Å². The number of guanidine groups is 1. The predicted octanol–water partition coefficient (Wildman–Crippen LogP) is 1.93. The van der Waals surface area contributed by atoms with Gasteiger partial charge >= 0.3 is 0 Å². The molecule has 0 aromatic heterocycles. The van der Waals surface area contributed by atoms with E-state index in [9.17, 15) is 0 Å². The molecule has 15 heavy (non-hydrogen) atoms. The first-order chi connectivity index (χ1) is 6.89. The number of nitrogens with two attached hydrogens (primary N) is 2. The van der Waals surface area contributed by atoms with Crippen LogP contribution in [0.1, 0.15) is 19.4 Å². The zero-order valence-electron chi connectivity index (χ0n) is 9.00. The van der Waals surface area contributed by atoms with Gasteiger partial charge in [0.15, 0.2) is 5.96 Å². The molecule has 0 atom stereocenters. The Hall–Kier alpha value is -1.22. The normalized spacial score (nSPS) is 11.1. The number of aliphatic imine (C=N–C) groups is 1. The minimum atomic E-state index is -0.285. The molecule has 82 valence electrons. The summed E-state index contributed by atoms with van der Waals surface area (Å²) in [5.74, 6) is 0.119. The molecule has 0 bridgehead atoms. The number of rotatable bonds is 3. The molecule has 0 aliphatic heterocycles. The summed E-state index contributed by atoms with van der Waals surface area (Å²) in [6.45, 7) is 3.97. The van der Waals surface area contributed by atoms with E-state index < -0.39 is 0 Å². The molecule has 0 saturated heterocycles. The first kappa shape index (κ1) is 11.9. The van der Waals surface area contributed by atoms with Crippen LogP contribution in [0.3, 0.4) is 0 Å². The minimum Gasteiger partial charge on any atom is -0.370 e. The number of benzene rings is 1. The van der Waals surface area contributed by atoms with Gasteiger partial charge in [0.05, 0.1) is 5.54 Å². The van der Waals surface area contributed by atoms with E-state index in [4.69, 9.17) is 23.1 Å². The molecule has 4 N–H and O–H groups in total. The van der Waals surface area contributed by atoms with Gasteiger partial charge in [0, 0.05) is 5.02 Å². The van der Waals surface area contributed by atoms with Gasteiger partial charge in [0.2, 0.25) is 0 Å². The van der Waals surface area contributed by atoms with Crippen molar-refractivity contribution in [2.75, 3.05) is 0 Å². The van der Waals surface area contributed by atoms with Crippen molar-refractivity contribution in [2.24, 2.45) is 16.5 Å². The van der Waals surface area contributed by atoms with Crippen molar-refractivity contribution in [1.29, 1.82) is 0 Å². The summed E-state index contributed by atoms with van der Waals surface area (Å²) < 4.78 is 0. The molecule has 0 amide bonds. The fourth-order valence-electron chi connectivity index (χ4n) is 1.49. The number of halogens is 1. The summed E-state index contributed by atoms with van der Waals surface area (Å²) in [5.41, 5.74) is 11.6. The van der Waals surface area contributed by atoms with Gasteiger partial charge in [-0.25, -0.2) is 4.99 Å². The molecule has 1 rings (SSSR count). The van der Waals surface area contributed by atoms with Crippen molar-refractivity contribution in [1.82, 2.24) is 0 Å². The second-order valence-corrected chi connectivity index (χ2v) is 4.59. The number of nitrogens with zero attached hydrogens (tertiary/aromatic N) is 1.